The molecule has 1 aliphatic heterocycles. The highest BCUT2D eigenvalue weighted by Gasteiger charge is 2.35. The maximum absolute atomic E-state index is 13.5. The number of nitrogens with one attached hydrogen (secondary N) is 1. The van der Waals surface area contributed by atoms with Crippen LogP contribution in [0.2, 0.25) is 5.02 Å². The van der Waals surface area contributed by atoms with Crippen LogP contribution in [0, 0.1) is 0 Å². The summed E-state index contributed by atoms with van der Waals surface area (Å²) < 4.78 is 13.5. The summed E-state index contributed by atoms with van der Waals surface area (Å²) in [5.74, 6) is 1.85. The number of ether oxygens (including phenoxy) is 2. The minimum Gasteiger partial charge on any atom is -0.489 e. The van der Waals surface area contributed by atoms with E-state index in [1.165, 1.54) is 0 Å². The maximum atomic E-state index is 13.5. The normalized spacial score (nSPS) is 14.4. The van der Waals surface area contributed by atoms with Crippen LogP contribution < -0.4 is 10.1 Å². The number of fused-ring (bicyclic) bond motifs is 1. The molecule has 0 saturated carbocycles. The second kappa shape index (κ2) is 13.1. The average molecular weight is 575 g/mol. The smallest absolute Gasteiger partial charge is 0.338 e. The first kappa shape index (κ1) is 27.8. The van der Waals surface area contributed by atoms with Gasteiger partial charge in [0.15, 0.2) is 0 Å². The number of hydrogen-bond donors (Lipinski definition) is 1. The van der Waals surface area contributed by atoms with Gasteiger partial charge in [0.25, 0.3) is 0 Å². The van der Waals surface area contributed by atoms with E-state index in [4.69, 9.17) is 31.2 Å². The number of nitrogens with zero attached hydrogens (tertiary/aromatic N) is 3. The topological polar surface area (TPSA) is 78.3 Å². The van der Waals surface area contributed by atoms with E-state index in [9.17, 15) is 4.79 Å². The van der Waals surface area contributed by atoms with Gasteiger partial charge in [0, 0.05) is 16.5 Å². The molecule has 0 radical (unpaired) electrons. The molecule has 1 unspecified atom stereocenters. The van der Waals surface area contributed by atoms with Crippen LogP contribution in [-0.2, 0) is 22.7 Å². The predicted molar refractivity (Wildman–Crippen MR) is 159 cm³/mol. The molecule has 1 aromatic heterocycles. The second-order valence-electron chi connectivity index (χ2n) is 9.48. The standard InChI is InChI=1S/C31H31ClN4O3S/c1-3-4-18-40-31-34-30-33-21(2)27(29(37)39-20-22-8-6-5-7-9-22)28(36(30)35-31)24-12-16-26(17-13-24)38-19-23-10-14-25(32)15-11-23/h5-17,28H,3-4,18-20H2,1-2H3,(H,33,34,35). The van der Waals surface area contributed by atoms with Crippen LogP contribution in [0.5, 0.6) is 5.75 Å². The molecule has 0 fully saturated rings. The van der Waals surface area contributed by atoms with Crippen LogP contribution in [-0.4, -0.2) is 26.5 Å². The Morgan fingerprint density at radius 2 is 1.73 bits per heavy atom. The first-order chi connectivity index (χ1) is 19.5. The zero-order valence-electron chi connectivity index (χ0n) is 22.5. The molecule has 0 saturated heterocycles. The SMILES string of the molecule is CCCCSc1nc2n(n1)C(c1ccc(OCc3ccc(Cl)cc3)cc1)C(C(=O)OCc1ccccc1)=C(C)N2. The zero-order valence-corrected chi connectivity index (χ0v) is 24.0. The van der Waals surface area contributed by atoms with Crippen molar-refractivity contribution in [3.05, 3.63) is 112 Å². The van der Waals surface area contributed by atoms with Crippen LogP contribution in [0.4, 0.5) is 5.95 Å². The van der Waals surface area contributed by atoms with Gasteiger partial charge in [0.1, 0.15) is 25.0 Å². The Labute approximate surface area is 243 Å². The highest BCUT2D eigenvalue weighted by Crippen LogP contribution is 2.37. The van der Waals surface area contributed by atoms with Gasteiger partial charge in [-0.25, -0.2) is 9.48 Å². The molecule has 9 heteroatoms. The zero-order chi connectivity index (χ0) is 27.9. The van der Waals surface area contributed by atoms with Crippen molar-refractivity contribution in [2.24, 2.45) is 0 Å². The van der Waals surface area contributed by atoms with Gasteiger partial charge in [-0.3, -0.25) is 0 Å². The van der Waals surface area contributed by atoms with Crippen molar-refractivity contribution in [3.8, 4) is 5.75 Å². The fraction of sp³-hybridized carbons (Fsp3) is 0.258. The summed E-state index contributed by atoms with van der Waals surface area (Å²) in [6.07, 6.45) is 2.18. The van der Waals surface area contributed by atoms with E-state index in [1.54, 1.807) is 16.4 Å². The average Bonchev–Trinajstić information content (AvgIpc) is 3.38. The molecule has 3 aromatic carbocycles. The molecular weight excluding hydrogens is 544 g/mol. The van der Waals surface area contributed by atoms with Crippen molar-refractivity contribution in [1.29, 1.82) is 0 Å². The number of unbranched alkanes of at least 4 members (excludes halogenated alkanes) is 1. The van der Waals surface area contributed by atoms with Gasteiger partial charge in [-0.05, 0) is 54.3 Å². The molecule has 206 valence electrons. The molecule has 0 amide bonds. The second-order valence-corrected chi connectivity index (χ2v) is 11.0. The molecule has 1 N–H and O–H groups in total. The number of halogens is 1. The summed E-state index contributed by atoms with van der Waals surface area (Å²) >= 11 is 7.61. The highest BCUT2D eigenvalue weighted by molar-refractivity contribution is 7.99. The molecule has 1 aliphatic rings. The quantitative estimate of drug-likeness (QED) is 0.113. The van der Waals surface area contributed by atoms with Crippen LogP contribution in [0.1, 0.15) is 49.4 Å². The summed E-state index contributed by atoms with van der Waals surface area (Å²) in [6, 6.07) is 24.4. The van der Waals surface area contributed by atoms with E-state index in [1.807, 2.05) is 85.8 Å². The summed E-state index contributed by atoms with van der Waals surface area (Å²) in [5, 5.41) is 9.43. The Hall–Kier alpha value is -3.75. The summed E-state index contributed by atoms with van der Waals surface area (Å²) in [4.78, 5) is 18.2. The van der Waals surface area contributed by atoms with Gasteiger partial charge < -0.3 is 14.8 Å². The van der Waals surface area contributed by atoms with E-state index < -0.39 is 12.0 Å². The van der Waals surface area contributed by atoms with Crippen LogP contribution >= 0.6 is 23.4 Å². The summed E-state index contributed by atoms with van der Waals surface area (Å²) in [7, 11) is 0. The predicted octanol–water partition coefficient (Wildman–Crippen LogP) is 7.44. The molecule has 2 heterocycles. The van der Waals surface area contributed by atoms with Gasteiger partial charge in [-0.1, -0.05) is 91.3 Å². The first-order valence-electron chi connectivity index (χ1n) is 13.3. The number of carbonyl (C=O) groups is 1. The van der Waals surface area contributed by atoms with Gasteiger partial charge in [0.2, 0.25) is 11.1 Å². The molecule has 4 aromatic rings. The third kappa shape index (κ3) is 6.69. The molecule has 1 atom stereocenters. The Balaban J connectivity index is 1.40. The number of benzene rings is 3. The maximum Gasteiger partial charge on any atom is 0.338 e. The molecular formula is C31H31ClN4O3S. The fourth-order valence-electron chi connectivity index (χ4n) is 4.37. The Morgan fingerprint density at radius 1 is 1.00 bits per heavy atom. The molecule has 0 bridgehead atoms. The molecule has 40 heavy (non-hydrogen) atoms. The van der Waals surface area contributed by atoms with Gasteiger partial charge in [-0.2, -0.15) is 4.98 Å². The van der Waals surface area contributed by atoms with Crippen molar-refractivity contribution in [2.75, 3.05) is 11.1 Å². The number of esters is 1. The molecule has 0 spiro atoms. The number of anilines is 1. The lowest BCUT2D eigenvalue weighted by Crippen LogP contribution is -2.29. The van der Waals surface area contributed by atoms with E-state index in [-0.39, 0.29) is 6.61 Å². The van der Waals surface area contributed by atoms with Crippen molar-refractivity contribution in [1.82, 2.24) is 14.8 Å². The van der Waals surface area contributed by atoms with E-state index >= 15 is 0 Å². The van der Waals surface area contributed by atoms with Crippen molar-refractivity contribution >= 4 is 35.3 Å². The first-order valence-corrected chi connectivity index (χ1v) is 14.6. The molecule has 0 aliphatic carbocycles. The minimum absolute atomic E-state index is 0.184. The Kier molecular flexibility index (Phi) is 9.08. The number of aromatic nitrogens is 3. The van der Waals surface area contributed by atoms with E-state index in [0.717, 1.165) is 41.0 Å². The number of rotatable bonds is 11. The summed E-state index contributed by atoms with van der Waals surface area (Å²) in [6.45, 7) is 4.64. The number of thioether (sulfide) groups is 1. The van der Waals surface area contributed by atoms with Gasteiger partial charge in [-0.15, -0.1) is 5.10 Å². The Bertz CT molecular complexity index is 1470. The fourth-order valence-corrected chi connectivity index (χ4v) is 5.41. The number of carbonyl (C=O) groups excluding carboxylic acids is 1. The lowest BCUT2D eigenvalue weighted by Gasteiger charge is -2.28. The Morgan fingerprint density at radius 3 is 2.45 bits per heavy atom. The number of hydrogen-bond acceptors (Lipinski definition) is 7. The summed E-state index contributed by atoms with van der Waals surface area (Å²) in [5.41, 5.74) is 4.01. The van der Waals surface area contributed by atoms with Crippen LogP contribution in [0.15, 0.2) is 95.3 Å². The third-order valence-corrected chi connectivity index (χ3v) is 7.69. The van der Waals surface area contributed by atoms with Crippen molar-refractivity contribution in [2.45, 2.75) is 51.1 Å². The third-order valence-electron chi connectivity index (χ3n) is 6.51. The van der Waals surface area contributed by atoms with Gasteiger partial charge >= 0.3 is 5.97 Å². The molecule has 5 rings (SSSR count). The van der Waals surface area contributed by atoms with Crippen molar-refractivity contribution in [3.63, 3.8) is 0 Å². The lowest BCUT2D eigenvalue weighted by atomic mass is 9.95. The van der Waals surface area contributed by atoms with Gasteiger partial charge in [0.05, 0.1) is 5.57 Å². The molecule has 7 nitrogen and oxygen atoms in total. The minimum atomic E-state index is -0.502. The monoisotopic (exact) mass is 574 g/mol. The number of allylic oxidation sites excluding steroid dienone is 1. The highest BCUT2D eigenvalue weighted by atomic mass is 35.5. The van der Waals surface area contributed by atoms with Crippen LogP contribution in [0.3, 0.4) is 0 Å². The van der Waals surface area contributed by atoms with E-state index in [2.05, 4.69) is 12.2 Å². The van der Waals surface area contributed by atoms with Crippen LogP contribution in [0.25, 0.3) is 0 Å². The lowest BCUT2D eigenvalue weighted by molar-refractivity contribution is -0.140. The van der Waals surface area contributed by atoms with E-state index in [0.29, 0.717) is 34.0 Å². The van der Waals surface area contributed by atoms with Crippen molar-refractivity contribution < 1.29 is 14.3 Å². The largest absolute Gasteiger partial charge is 0.489 e.